The van der Waals surface area contributed by atoms with Crippen LogP contribution in [0.1, 0.15) is 71.6 Å². The van der Waals surface area contributed by atoms with Crippen LogP contribution < -0.4 is 5.32 Å². The van der Waals surface area contributed by atoms with Crippen LogP contribution in [0.2, 0.25) is 0 Å². The lowest BCUT2D eigenvalue weighted by Crippen LogP contribution is -2.62. The Balaban J connectivity index is 2.15. The predicted molar refractivity (Wildman–Crippen MR) is 77.3 cm³/mol. The Morgan fingerprint density at radius 3 is 2.20 bits per heavy atom. The van der Waals surface area contributed by atoms with Gasteiger partial charge in [0.25, 0.3) is 0 Å². The van der Waals surface area contributed by atoms with Crippen LogP contribution in [0.15, 0.2) is 0 Å². The van der Waals surface area contributed by atoms with E-state index in [1.54, 1.807) is 0 Å². The van der Waals surface area contributed by atoms with E-state index < -0.39 is 11.5 Å². The second-order valence-corrected chi connectivity index (χ2v) is 7.00. The minimum Gasteiger partial charge on any atom is -0.479 e. The average Bonchev–Trinajstić information content (AvgIpc) is 2.42. The van der Waals surface area contributed by atoms with Gasteiger partial charge in [-0.25, -0.2) is 4.79 Å². The van der Waals surface area contributed by atoms with E-state index in [0.29, 0.717) is 6.42 Å². The van der Waals surface area contributed by atoms with Gasteiger partial charge in [-0.05, 0) is 31.6 Å². The maximum Gasteiger partial charge on any atom is 0.329 e. The highest BCUT2D eigenvalue weighted by Crippen LogP contribution is 2.39. The molecule has 2 fully saturated rings. The van der Waals surface area contributed by atoms with Gasteiger partial charge >= 0.3 is 5.97 Å². The zero-order valence-corrected chi connectivity index (χ0v) is 12.7. The normalized spacial score (nSPS) is 33.4. The van der Waals surface area contributed by atoms with Crippen LogP contribution in [0, 0.1) is 11.3 Å². The number of nitrogens with one attached hydrogen (secondary N) is 1. The Kier molecular flexibility index (Phi) is 4.40. The molecule has 2 unspecified atom stereocenters. The molecule has 0 aromatic heterocycles. The van der Waals surface area contributed by atoms with Crippen LogP contribution in [0.3, 0.4) is 0 Å². The number of carbonyl (C=O) groups excluding carboxylic acids is 1. The fraction of sp³-hybridized carbons (Fsp3) is 0.875. The topological polar surface area (TPSA) is 66.4 Å². The second kappa shape index (κ2) is 5.74. The number of amides is 1. The van der Waals surface area contributed by atoms with E-state index >= 15 is 0 Å². The van der Waals surface area contributed by atoms with Crippen LogP contribution in [0.4, 0.5) is 0 Å². The molecule has 0 aromatic rings. The van der Waals surface area contributed by atoms with Gasteiger partial charge in [0.1, 0.15) is 5.54 Å². The van der Waals surface area contributed by atoms with Crippen molar-refractivity contribution in [1.29, 1.82) is 0 Å². The molecule has 2 aliphatic carbocycles. The van der Waals surface area contributed by atoms with Gasteiger partial charge in [-0.15, -0.1) is 0 Å². The molecule has 2 saturated carbocycles. The molecule has 114 valence electrons. The van der Waals surface area contributed by atoms with Crippen LogP contribution in [-0.2, 0) is 9.59 Å². The van der Waals surface area contributed by atoms with Gasteiger partial charge in [-0.2, -0.15) is 0 Å². The number of rotatable bonds is 3. The molecule has 0 saturated heterocycles. The molecule has 2 atom stereocenters. The van der Waals surface area contributed by atoms with E-state index in [0.717, 1.165) is 44.9 Å². The van der Waals surface area contributed by atoms with Crippen molar-refractivity contribution < 1.29 is 14.7 Å². The molecule has 0 bridgehead atoms. The molecule has 0 heterocycles. The predicted octanol–water partition coefficient (Wildman–Crippen LogP) is 3.11. The van der Waals surface area contributed by atoms with Gasteiger partial charge in [0.05, 0.1) is 0 Å². The molecule has 0 spiro atoms. The Morgan fingerprint density at radius 1 is 1.05 bits per heavy atom. The third-order valence-corrected chi connectivity index (χ3v) is 5.52. The number of carbonyl (C=O) groups is 2. The van der Waals surface area contributed by atoms with Gasteiger partial charge in [-0.1, -0.05) is 46.0 Å². The third-order valence-electron chi connectivity index (χ3n) is 5.52. The summed E-state index contributed by atoms with van der Waals surface area (Å²) in [7, 11) is 0. The first-order valence-electron chi connectivity index (χ1n) is 7.97. The van der Waals surface area contributed by atoms with E-state index in [1.807, 2.05) is 13.8 Å². The quantitative estimate of drug-likeness (QED) is 0.835. The number of aliphatic carboxylic acids is 1. The summed E-state index contributed by atoms with van der Waals surface area (Å²) in [5.74, 6) is -0.907. The SMILES string of the molecule is CC1CCCCC1(NC(=O)C1(C)CCCCC1)C(=O)O. The summed E-state index contributed by atoms with van der Waals surface area (Å²) >= 11 is 0. The zero-order chi connectivity index (χ0) is 14.8. The van der Waals surface area contributed by atoms with Crippen LogP contribution >= 0.6 is 0 Å². The van der Waals surface area contributed by atoms with E-state index in [1.165, 1.54) is 6.42 Å². The molecule has 2 aliphatic rings. The summed E-state index contributed by atoms with van der Waals surface area (Å²) in [5, 5.41) is 12.6. The van der Waals surface area contributed by atoms with Gasteiger partial charge in [0, 0.05) is 5.41 Å². The highest BCUT2D eigenvalue weighted by molar-refractivity contribution is 5.90. The monoisotopic (exact) mass is 281 g/mol. The van der Waals surface area contributed by atoms with Crippen LogP contribution in [-0.4, -0.2) is 22.5 Å². The molecule has 0 aromatic carbocycles. The average molecular weight is 281 g/mol. The van der Waals surface area contributed by atoms with E-state index in [9.17, 15) is 14.7 Å². The molecule has 0 aliphatic heterocycles. The highest BCUT2D eigenvalue weighted by Gasteiger charge is 2.48. The number of carboxylic acid groups (broad SMARTS) is 1. The maximum absolute atomic E-state index is 12.7. The fourth-order valence-electron chi connectivity index (χ4n) is 3.82. The molecule has 20 heavy (non-hydrogen) atoms. The first-order chi connectivity index (χ1) is 9.41. The third kappa shape index (κ3) is 2.70. The largest absolute Gasteiger partial charge is 0.479 e. The molecule has 0 radical (unpaired) electrons. The summed E-state index contributed by atoms with van der Waals surface area (Å²) in [6.07, 6.45) is 8.46. The van der Waals surface area contributed by atoms with Gasteiger partial charge in [0.15, 0.2) is 0 Å². The Morgan fingerprint density at radius 2 is 1.65 bits per heavy atom. The number of carboxylic acids is 1. The summed E-state index contributed by atoms with van der Waals surface area (Å²) in [6.45, 7) is 3.95. The number of hydrogen-bond donors (Lipinski definition) is 2. The summed E-state index contributed by atoms with van der Waals surface area (Å²) in [6, 6.07) is 0. The van der Waals surface area contributed by atoms with Crippen molar-refractivity contribution >= 4 is 11.9 Å². The molecule has 1 amide bonds. The maximum atomic E-state index is 12.7. The Labute approximate surface area is 121 Å². The van der Waals surface area contributed by atoms with Crippen molar-refractivity contribution in [2.24, 2.45) is 11.3 Å². The first kappa shape index (κ1) is 15.3. The van der Waals surface area contributed by atoms with Crippen molar-refractivity contribution in [3.8, 4) is 0 Å². The zero-order valence-electron chi connectivity index (χ0n) is 12.7. The van der Waals surface area contributed by atoms with Crippen LogP contribution in [0.25, 0.3) is 0 Å². The lowest BCUT2D eigenvalue weighted by Gasteiger charge is -2.42. The minimum atomic E-state index is -1.05. The molecule has 4 nitrogen and oxygen atoms in total. The molecular formula is C16H27NO3. The lowest BCUT2D eigenvalue weighted by atomic mass is 9.71. The van der Waals surface area contributed by atoms with Crippen molar-refractivity contribution in [1.82, 2.24) is 5.32 Å². The highest BCUT2D eigenvalue weighted by atomic mass is 16.4. The van der Waals surface area contributed by atoms with Gasteiger partial charge < -0.3 is 10.4 Å². The van der Waals surface area contributed by atoms with Crippen LogP contribution in [0.5, 0.6) is 0 Å². The van der Waals surface area contributed by atoms with Crippen molar-refractivity contribution in [3.05, 3.63) is 0 Å². The second-order valence-electron chi connectivity index (χ2n) is 7.00. The van der Waals surface area contributed by atoms with Gasteiger partial charge in [-0.3, -0.25) is 4.79 Å². The van der Waals surface area contributed by atoms with Gasteiger partial charge in [0.2, 0.25) is 5.91 Å². The van der Waals surface area contributed by atoms with E-state index in [4.69, 9.17) is 0 Å². The summed E-state index contributed by atoms with van der Waals surface area (Å²) < 4.78 is 0. The van der Waals surface area contributed by atoms with E-state index in [-0.39, 0.29) is 17.2 Å². The summed E-state index contributed by atoms with van der Waals surface area (Å²) in [5.41, 5.74) is -1.42. The first-order valence-corrected chi connectivity index (χ1v) is 7.97. The lowest BCUT2D eigenvalue weighted by molar-refractivity contribution is -0.154. The fourth-order valence-corrected chi connectivity index (χ4v) is 3.82. The van der Waals surface area contributed by atoms with Crippen molar-refractivity contribution in [3.63, 3.8) is 0 Å². The standard InChI is InChI=1S/C16H27NO3/c1-12-8-4-7-11-16(12,14(19)20)17-13(18)15(2)9-5-3-6-10-15/h12H,3-11H2,1-2H3,(H,17,18)(H,19,20). The summed E-state index contributed by atoms with van der Waals surface area (Å²) in [4.78, 5) is 24.5. The van der Waals surface area contributed by atoms with Crippen molar-refractivity contribution in [2.45, 2.75) is 77.2 Å². The minimum absolute atomic E-state index is 0.00453. The number of hydrogen-bond acceptors (Lipinski definition) is 2. The molecule has 2 rings (SSSR count). The Hall–Kier alpha value is -1.06. The molecule has 4 heteroatoms. The smallest absolute Gasteiger partial charge is 0.329 e. The molecular weight excluding hydrogens is 254 g/mol. The molecule has 2 N–H and O–H groups in total. The Bertz CT molecular complexity index is 387. The van der Waals surface area contributed by atoms with E-state index in [2.05, 4.69) is 5.32 Å². The van der Waals surface area contributed by atoms with Crippen molar-refractivity contribution in [2.75, 3.05) is 0 Å².